The van der Waals surface area contributed by atoms with Crippen molar-refractivity contribution in [3.8, 4) is 17.2 Å². The zero-order valence-corrected chi connectivity index (χ0v) is 14.9. The fourth-order valence-electron chi connectivity index (χ4n) is 2.92. The number of phenolic OH excluding ortho intramolecular Hbond substituents is 1. The van der Waals surface area contributed by atoms with E-state index in [4.69, 9.17) is 9.47 Å². The number of aromatic hydroxyl groups is 1. The first-order valence-corrected chi connectivity index (χ1v) is 8.64. The number of hydrogen-bond acceptors (Lipinski definition) is 7. The van der Waals surface area contributed by atoms with Gasteiger partial charge in [0.15, 0.2) is 11.5 Å². The van der Waals surface area contributed by atoms with Crippen LogP contribution in [0.4, 0.5) is 5.69 Å². The average molecular weight is 393 g/mol. The summed E-state index contributed by atoms with van der Waals surface area (Å²) in [5, 5.41) is 26.4. The molecule has 0 saturated heterocycles. The number of carbonyl (C=O) groups is 1. The molecule has 1 aliphatic rings. The molecule has 9 heteroatoms. The maximum Gasteiger partial charge on any atom is 0.311 e. The summed E-state index contributed by atoms with van der Waals surface area (Å²) in [6.07, 6.45) is 0.199. The van der Waals surface area contributed by atoms with Gasteiger partial charge in [-0.15, -0.1) is 0 Å². The molecule has 29 heavy (non-hydrogen) atoms. The normalized spacial score (nSPS) is 15.4. The molecular weight excluding hydrogens is 378 g/mol. The van der Waals surface area contributed by atoms with E-state index >= 15 is 0 Å². The van der Waals surface area contributed by atoms with Gasteiger partial charge in [0.1, 0.15) is 6.61 Å². The van der Waals surface area contributed by atoms with E-state index in [0.717, 1.165) is 17.0 Å². The third-order valence-corrected chi connectivity index (χ3v) is 4.38. The number of benzene rings is 3. The van der Waals surface area contributed by atoms with Gasteiger partial charge in [0.25, 0.3) is 5.91 Å². The molecular formula is C20H15N3O6. The minimum atomic E-state index is -0.917. The third kappa shape index (κ3) is 3.65. The fourth-order valence-corrected chi connectivity index (χ4v) is 2.92. The Balaban J connectivity index is 1.45. The van der Waals surface area contributed by atoms with E-state index in [-0.39, 0.29) is 12.2 Å². The number of hydrazone groups is 1. The van der Waals surface area contributed by atoms with E-state index in [1.807, 2.05) is 30.3 Å². The van der Waals surface area contributed by atoms with Gasteiger partial charge in [0.05, 0.1) is 11.1 Å². The molecule has 0 spiro atoms. The molecule has 0 bridgehead atoms. The Morgan fingerprint density at radius 3 is 2.62 bits per heavy atom. The van der Waals surface area contributed by atoms with Crippen LogP contribution in [0, 0.1) is 10.1 Å². The first-order valence-electron chi connectivity index (χ1n) is 8.64. The number of phenols is 1. The van der Waals surface area contributed by atoms with Crippen LogP contribution in [-0.4, -0.2) is 34.9 Å². The van der Waals surface area contributed by atoms with Gasteiger partial charge in [-0.05, 0) is 29.0 Å². The number of nitrogens with one attached hydrogen (secondary N) is 1. The second-order valence-electron chi connectivity index (χ2n) is 6.27. The zero-order chi connectivity index (χ0) is 20.4. The molecule has 1 heterocycles. The van der Waals surface area contributed by atoms with Crippen LogP contribution < -0.4 is 14.9 Å². The Bertz CT molecular complexity index is 1140. The van der Waals surface area contributed by atoms with Crippen LogP contribution in [0.1, 0.15) is 5.56 Å². The lowest BCUT2D eigenvalue weighted by atomic mass is 10.1. The van der Waals surface area contributed by atoms with Crippen LogP contribution in [0.25, 0.3) is 10.8 Å². The molecule has 2 N–H and O–H groups in total. The molecule has 0 radical (unpaired) electrons. The van der Waals surface area contributed by atoms with Crippen molar-refractivity contribution in [2.45, 2.75) is 6.10 Å². The van der Waals surface area contributed by atoms with Crippen molar-refractivity contribution in [1.82, 2.24) is 5.43 Å². The van der Waals surface area contributed by atoms with Crippen molar-refractivity contribution < 1.29 is 24.3 Å². The molecule has 3 aromatic rings. The average Bonchev–Trinajstić information content (AvgIpc) is 2.72. The molecule has 1 amide bonds. The predicted molar refractivity (Wildman–Crippen MR) is 104 cm³/mol. The van der Waals surface area contributed by atoms with E-state index in [1.165, 1.54) is 18.2 Å². The van der Waals surface area contributed by atoms with Gasteiger partial charge in [0.2, 0.25) is 11.9 Å². The smallest absolute Gasteiger partial charge is 0.311 e. The van der Waals surface area contributed by atoms with Crippen LogP contribution in [0.3, 0.4) is 0 Å². The van der Waals surface area contributed by atoms with E-state index in [1.54, 1.807) is 6.07 Å². The van der Waals surface area contributed by atoms with Crippen molar-refractivity contribution >= 4 is 28.6 Å². The summed E-state index contributed by atoms with van der Waals surface area (Å²) in [7, 11) is 0. The lowest BCUT2D eigenvalue weighted by Crippen LogP contribution is -2.42. The van der Waals surface area contributed by atoms with Gasteiger partial charge in [-0.2, -0.15) is 5.10 Å². The minimum Gasteiger partial charge on any atom is -0.502 e. The molecule has 4 rings (SSSR count). The summed E-state index contributed by atoms with van der Waals surface area (Å²) in [6.45, 7) is 0.00868. The molecule has 0 aromatic heterocycles. The van der Waals surface area contributed by atoms with E-state index in [9.17, 15) is 20.0 Å². The molecule has 0 saturated carbocycles. The Morgan fingerprint density at radius 1 is 1.17 bits per heavy atom. The van der Waals surface area contributed by atoms with Gasteiger partial charge < -0.3 is 14.6 Å². The molecule has 9 nitrogen and oxygen atoms in total. The number of hydrogen-bond donors (Lipinski definition) is 2. The number of rotatable bonds is 4. The standard InChI is InChI=1S/C20H15N3O6/c24-19-14(6-3-7-15(19)23(26)27)10-21-22-20(25)18-11-28-16-8-12-4-1-2-5-13(12)9-17(16)29-18/h1-10,18,24H,11H2,(H,22,25)/b21-10+/t18-/m0/s1. The highest BCUT2D eigenvalue weighted by Gasteiger charge is 2.27. The number of carbonyl (C=O) groups excluding carboxylic acids is 1. The van der Waals surface area contributed by atoms with Crippen LogP contribution in [0.2, 0.25) is 0 Å². The third-order valence-electron chi connectivity index (χ3n) is 4.38. The Kier molecular flexibility index (Phi) is 4.70. The number of nitrogens with zero attached hydrogens (tertiary/aromatic N) is 2. The molecule has 146 valence electrons. The van der Waals surface area contributed by atoms with Gasteiger partial charge in [0, 0.05) is 11.6 Å². The van der Waals surface area contributed by atoms with E-state index in [2.05, 4.69) is 10.5 Å². The SMILES string of the molecule is O=C(N/N=C/c1cccc([N+](=O)[O-])c1O)[C@@H]1COc2cc3ccccc3cc2O1. The largest absolute Gasteiger partial charge is 0.502 e. The molecule has 1 atom stereocenters. The quantitative estimate of drug-likeness (QED) is 0.399. The lowest BCUT2D eigenvalue weighted by molar-refractivity contribution is -0.385. The maximum absolute atomic E-state index is 12.3. The van der Waals surface area contributed by atoms with Crippen molar-refractivity contribution in [2.24, 2.45) is 5.10 Å². The molecule has 3 aromatic carbocycles. The van der Waals surface area contributed by atoms with Crippen molar-refractivity contribution in [1.29, 1.82) is 0 Å². The lowest BCUT2D eigenvalue weighted by Gasteiger charge is -2.25. The van der Waals surface area contributed by atoms with Gasteiger partial charge in [-0.1, -0.05) is 30.3 Å². The second kappa shape index (κ2) is 7.47. The van der Waals surface area contributed by atoms with Gasteiger partial charge in [-0.3, -0.25) is 14.9 Å². The summed E-state index contributed by atoms with van der Waals surface area (Å²) in [5.74, 6) is -0.0771. The van der Waals surface area contributed by atoms with Crippen molar-refractivity contribution in [3.63, 3.8) is 0 Å². The van der Waals surface area contributed by atoms with Crippen LogP contribution in [-0.2, 0) is 4.79 Å². The number of amides is 1. The fraction of sp³-hybridized carbons (Fsp3) is 0.100. The van der Waals surface area contributed by atoms with E-state index in [0.29, 0.717) is 11.5 Å². The first-order chi connectivity index (χ1) is 14.0. The van der Waals surface area contributed by atoms with Crippen LogP contribution in [0.15, 0.2) is 59.7 Å². The summed E-state index contributed by atoms with van der Waals surface area (Å²) < 4.78 is 11.4. The highest BCUT2D eigenvalue weighted by Crippen LogP contribution is 2.35. The minimum absolute atomic E-state index is 0.00868. The topological polar surface area (TPSA) is 123 Å². The monoisotopic (exact) mass is 393 g/mol. The number of para-hydroxylation sites is 1. The number of nitro benzene ring substituents is 1. The van der Waals surface area contributed by atoms with Crippen molar-refractivity contribution in [3.05, 3.63) is 70.3 Å². The first kappa shape index (κ1) is 18.2. The van der Waals surface area contributed by atoms with Crippen LogP contribution in [0.5, 0.6) is 17.2 Å². The molecule has 0 fully saturated rings. The summed E-state index contributed by atoms with van der Waals surface area (Å²) in [5.41, 5.74) is 1.93. The molecule has 0 aliphatic carbocycles. The van der Waals surface area contributed by atoms with Crippen molar-refractivity contribution in [2.75, 3.05) is 6.61 Å². The highest BCUT2D eigenvalue weighted by molar-refractivity contribution is 5.89. The molecule has 0 unspecified atom stereocenters. The van der Waals surface area contributed by atoms with Gasteiger partial charge >= 0.3 is 5.69 Å². The Morgan fingerprint density at radius 2 is 1.90 bits per heavy atom. The second-order valence-corrected chi connectivity index (χ2v) is 6.27. The number of fused-ring (bicyclic) bond motifs is 2. The molecule has 1 aliphatic heterocycles. The summed E-state index contributed by atoms with van der Waals surface area (Å²) >= 11 is 0. The summed E-state index contributed by atoms with van der Waals surface area (Å²) in [4.78, 5) is 22.5. The van der Waals surface area contributed by atoms with E-state index < -0.39 is 28.4 Å². The Hall–Kier alpha value is -4.14. The zero-order valence-electron chi connectivity index (χ0n) is 14.9. The summed E-state index contributed by atoms with van der Waals surface area (Å²) in [6, 6.07) is 15.4. The maximum atomic E-state index is 12.3. The number of ether oxygens (including phenoxy) is 2. The predicted octanol–water partition coefficient (Wildman–Crippen LogP) is 2.74. The number of nitro groups is 1. The van der Waals surface area contributed by atoms with Gasteiger partial charge in [-0.25, -0.2) is 5.43 Å². The highest BCUT2D eigenvalue weighted by atomic mass is 16.6. The Labute approximate surface area is 164 Å². The van der Waals surface area contributed by atoms with Crippen LogP contribution >= 0.6 is 0 Å².